The van der Waals surface area contributed by atoms with Crippen molar-refractivity contribution < 1.29 is 22.4 Å². The predicted octanol–water partition coefficient (Wildman–Crippen LogP) is 2.18. The van der Waals surface area contributed by atoms with Crippen molar-refractivity contribution in [1.29, 1.82) is 0 Å². The van der Waals surface area contributed by atoms with Gasteiger partial charge in [0.2, 0.25) is 15.9 Å². The lowest BCUT2D eigenvalue weighted by atomic mass is 10.2. The van der Waals surface area contributed by atoms with Crippen LogP contribution in [0.5, 0.6) is 0 Å². The van der Waals surface area contributed by atoms with Gasteiger partial charge in [0.25, 0.3) is 0 Å². The van der Waals surface area contributed by atoms with Gasteiger partial charge in [-0.05, 0) is 37.3 Å². The molecule has 0 aliphatic carbocycles. The number of carbonyl (C=O) groups is 1. The zero-order valence-corrected chi connectivity index (χ0v) is 14.7. The van der Waals surface area contributed by atoms with Gasteiger partial charge in [0, 0.05) is 25.7 Å². The molecule has 7 nitrogen and oxygen atoms in total. The van der Waals surface area contributed by atoms with Gasteiger partial charge in [0.15, 0.2) is 5.70 Å². The SMILES string of the molecule is Cc1ccc(/C=C2\N=C(c3cccc(S(=O)(=O)N(C)C)c3)OC2=O)o1. The van der Waals surface area contributed by atoms with Gasteiger partial charge in [0.05, 0.1) is 4.90 Å². The molecule has 25 heavy (non-hydrogen) atoms. The maximum Gasteiger partial charge on any atom is 0.363 e. The Morgan fingerprint density at radius 1 is 1.16 bits per heavy atom. The molecule has 1 aliphatic heterocycles. The second kappa shape index (κ2) is 6.30. The van der Waals surface area contributed by atoms with Crippen LogP contribution < -0.4 is 0 Å². The van der Waals surface area contributed by atoms with Crippen molar-refractivity contribution in [1.82, 2.24) is 4.31 Å². The number of cyclic esters (lactones) is 1. The minimum atomic E-state index is -3.59. The molecule has 1 aromatic heterocycles. The first-order valence-corrected chi connectivity index (χ1v) is 8.83. The molecule has 0 spiro atoms. The van der Waals surface area contributed by atoms with Crippen LogP contribution in [0.4, 0.5) is 0 Å². The average Bonchev–Trinajstić information content (AvgIpc) is 3.14. The van der Waals surface area contributed by atoms with Gasteiger partial charge in [-0.3, -0.25) is 0 Å². The molecule has 2 heterocycles. The zero-order valence-electron chi connectivity index (χ0n) is 13.9. The lowest BCUT2D eigenvalue weighted by molar-refractivity contribution is -0.129. The highest BCUT2D eigenvalue weighted by Crippen LogP contribution is 2.22. The minimum absolute atomic E-state index is 0.0512. The summed E-state index contributed by atoms with van der Waals surface area (Å²) in [6.45, 7) is 1.79. The maximum absolute atomic E-state index is 12.2. The Hall–Kier alpha value is -2.71. The van der Waals surface area contributed by atoms with Gasteiger partial charge >= 0.3 is 5.97 Å². The number of aryl methyl sites for hydroxylation is 1. The van der Waals surface area contributed by atoms with Crippen molar-refractivity contribution in [2.75, 3.05) is 14.1 Å². The number of esters is 1. The molecule has 0 bridgehead atoms. The highest BCUT2D eigenvalue weighted by molar-refractivity contribution is 7.89. The Labute approximate surface area is 145 Å². The highest BCUT2D eigenvalue weighted by Gasteiger charge is 2.26. The van der Waals surface area contributed by atoms with Crippen molar-refractivity contribution in [3.05, 3.63) is 59.2 Å². The lowest BCUT2D eigenvalue weighted by Crippen LogP contribution is -2.22. The van der Waals surface area contributed by atoms with E-state index >= 15 is 0 Å². The van der Waals surface area contributed by atoms with Crippen LogP contribution >= 0.6 is 0 Å². The molecule has 0 atom stereocenters. The van der Waals surface area contributed by atoms with Crippen molar-refractivity contribution in [2.45, 2.75) is 11.8 Å². The van der Waals surface area contributed by atoms with Gasteiger partial charge in [0.1, 0.15) is 11.5 Å². The van der Waals surface area contributed by atoms with Gasteiger partial charge in [-0.25, -0.2) is 22.5 Å². The van der Waals surface area contributed by atoms with E-state index in [1.165, 1.54) is 32.3 Å². The number of nitrogens with zero attached hydrogens (tertiary/aromatic N) is 2. The fourth-order valence-electron chi connectivity index (χ4n) is 2.20. The molecule has 0 radical (unpaired) electrons. The van der Waals surface area contributed by atoms with Crippen molar-refractivity contribution >= 4 is 28.0 Å². The van der Waals surface area contributed by atoms with E-state index in [4.69, 9.17) is 9.15 Å². The summed E-state index contributed by atoms with van der Waals surface area (Å²) in [5.74, 6) is 0.627. The Bertz CT molecular complexity index is 1000. The van der Waals surface area contributed by atoms with E-state index in [-0.39, 0.29) is 16.5 Å². The topological polar surface area (TPSA) is 89.2 Å². The number of furan rings is 1. The molecule has 0 unspecified atom stereocenters. The first kappa shape index (κ1) is 17.1. The molecule has 1 aromatic carbocycles. The van der Waals surface area contributed by atoms with Crippen LogP contribution in [0.1, 0.15) is 17.1 Å². The van der Waals surface area contributed by atoms with E-state index in [9.17, 15) is 13.2 Å². The van der Waals surface area contributed by atoms with E-state index in [1.807, 2.05) is 0 Å². The van der Waals surface area contributed by atoms with Crippen molar-refractivity contribution in [2.24, 2.45) is 4.99 Å². The molecule has 0 saturated heterocycles. The molecular formula is C17H16N2O5S. The van der Waals surface area contributed by atoms with Gasteiger partial charge < -0.3 is 9.15 Å². The molecule has 0 amide bonds. The summed E-state index contributed by atoms with van der Waals surface area (Å²) in [6, 6.07) is 9.57. The quantitative estimate of drug-likeness (QED) is 0.616. The fourth-order valence-corrected chi connectivity index (χ4v) is 3.15. The average molecular weight is 360 g/mol. The van der Waals surface area contributed by atoms with E-state index in [2.05, 4.69) is 4.99 Å². The molecule has 0 saturated carbocycles. The van der Waals surface area contributed by atoms with Crippen molar-refractivity contribution in [3.8, 4) is 0 Å². The predicted molar refractivity (Wildman–Crippen MR) is 91.4 cm³/mol. The summed E-state index contributed by atoms with van der Waals surface area (Å²) >= 11 is 0. The van der Waals surface area contributed by atoms with E-state index in [1.54, 1.807) is 31.2 Å². The van der Waals surface area contributed by atoms with Crippen LogP contribution in [-0.2, 0) is 19.6 Å². The minimum Gasteiger partial charge on any atom is -0.462 e. The monoisotopic (exact) mass is 360 g/mol. The maximum atomic E-state index is 12.2. The van der Waals surface area contributed by atoms with E-state index in [0.29, 0.717) is 17.1 Å². The second-order valence-electron chi connectivity index (χ2n) is 5.60. The number of sulfonamides is 1. The number of hydrogen-bond acceptors (Lipinski definition) is 6. The Kier molecular flexibility index (Phi) is 4.32. The van der Waals surface area contributed by atoms with Crippen LogP contribution in [0.2, 0.25) is 0 Å². The molecule has 8 heteroatoms. The summed E-state index contributed by atoms with van der Waals surface area (Å²) in [6.07, 6.45) is 1.47. The molecule has 130 valence electrons. The third-order valence-electron chi connectivity index (χ3n) is 3.52. The molecular weight excluding hydrogens is 344 g/mol. The Morgan fingerprint density at radius 2 is 1.92 bits per heavy atom. The van der Waals surface area contributed by atoms with Crippen LogP contribution in [0.3, 0.4) is 0 Å². The number of hydrogen-bond donors (Lipinski definition) is 0. The molecule has 3 rings (SSSR count). The molecule has 2 aromatic rings. The number of carbonyl (C=O) groups excluding carboxylic acids is 1. The molecule has 0 N–H and O–H groups in total. The molecule has 1 aliphatic rings. The summed E-state index contributed by atoms with van der Waals surface area (Å²) in [5.41, 5.74) is 0.487. The number of benzene rings is 1. The van der Waals surface area contributed by atoms with Gasteiger partial charge in [-0.1, -0.05) is 6.07 Å². The third kappa shape index (κ3) is 3.40. The van der Waals surface area contributed by atoms with Crippen LogP contribution in [0.25, 0.3) is 6.08 Å². The summed E-state index contributed by atoms with van der Waals surface area (Å²) in [5, 5.41) is 0. The van der Waals surface area contributed by atoms with E-state index in [0.717, 1.165) is 4.31 Å². The first-order chi connectivity index (χ1) is 11.8. The fraction of sp³-hybridized carbons (Fsp3) is 0.176. The number of aliphatic imine (C=N–C) groups is 1. The first-order valence-electron chi connectivity index (χ1n) is 7.39. The van der Waals surface area contributed by atoms with Crippen LogP contribution in [0, 0.1) is 6.92 Å². The van der Waals surface area contributed by atoms with Crippen LogP contribution in [-0.4, -0.2) is 38.7 Å². The van der Waals surface area contributed by atoms with Gasteiger partial charge in [-0.15, -0.1) is 0 Å². The summed E-state index contributed by atoms with van der Waals surface area (Å²) in [4.78, 5) is 16.2. The standard InChI is InChI=1S/C17H16N2O5S/c1-11-7-8-13(23-11)10-15-17(20)24-16(18-15)12-5-4-6-14(9-12)25(21,22)19(2)3/h4-10H,1-3H3/b15-10-. The third-order valence-corrected chi connectivity index (χ3v) is 5.33. The lowest BCUT2D eigenvalue weighted by Gasteiger charge is -2.11. The number of rotatable bonds is 4. The normalized spacial score (nSPS) is 16.4. The van der Waals surface area contributed by atoms with E-state index < -0.39 is 16.0 Å². The number of ether oxygens (including phenoxy) is 1. The highest BCUT2D eigenvalue weighted by atomic mass is 32.2. The molecule has 0 fully saturated rings. The van der Waals surface area contributed by atoms with Crippen LogP contribution in [0.15, 0.2) is 56.4 Å². The van der Waals surface area contributed by atoms with Gasteiger partial charge in [-0.2, -0.15) is 0 Å². The smallest absolute Gasteiger partial charge is 0.363 e. The second-order valence-corrected chi connectivity index (χ2v) is 7.75. The Balaban J connectivity index is 1.96. The Morgan fingerprint density at radius 3 is 2.56 bits per heavy atom. The van der Waals surface area contributed by atoms with Crippen molar-refractivity contribution in [3.63, 3.8) is 0 Å². The summed E-state index contributed by atoms with van der Waals surface area (Å²) < 4.78 is 36.1. The summed E-state index contributed by atoms with van der Waals surface area (Å²) in [7, 11) is -0.702. The largest absolute Gasteiger partial charge is 0.462 e. The zero-order chi connectivity index (χ0) is 18.2.